The molecule has 1 aliphatic carbocycles. The summed E-state index contributed by atoms with van der Waals surface area (Å²) in [6, 6.07) is 8.11. The largest absolute Gasteiger partial charge is 0.365 e. The van der Waals surface area contributed by atoms with Gasteiger partial charge in [-0.1, -0.05) is 42.5 Å². The Bertz CT molecular complexity index is 691. The summed E-state index contributed by atoms with van der Waals surface area (Å²) < 4.78 is 0. The van der Waals surface area contributed by atoms with Gasteiger partial charge in [0.25, 0.3) is 0 Å². The molecule has 0 amide bonds. The second kappa shape index (κ2) is 4.64. The van der Waals surface area contributed by atoms with E-state index in [-0.39, 0.29) is 5.78 Å². The molecule has 2 aliphatic rings. The summed E-state index contributed by atoms with van der Waals surface area (Å²) in [7, 11) is 0. The van der Waals surface area contributed by atoms with E-state index in [0.717, 1.165) is 22.4 Å². The smallest absolute Gasteiger partial charge is 0.189 e. The van der Waals surface area contributed by atoms with Crippen LogP contribution in [-0.4, -0.2) is 11.3 Å². The summed E-state index contributed by atoms with van der Waals surface area (Å²) in [6.45, 7) is 4.00. The number of nitrogens with one attached hydrogen (secondary N) is 1. The van der Waals surface area contributed by atoms with Crippen molar-refractivity contribution in [3.63, 3.8) is 0 Å². The van der Waals surface area contributed by atoms with Crippen LogP contribution in [0.5, 0.6) is 0 Å². The van der Waals surface area contributed by atoms with Crippen molar-refractivity contribution in [2.45, 2.75) is 19.4 Å². The van der Waals surface area contributed by atoms with Gasteiger partial charge in [-0.2, -0.15) is 0 Å². The highest BCUT2D eigenvalue weighted by Gasteiger charge is 2.43. The fourth-order valence-electron chi connectivity index (χ4n) is 3.04. The topological polar surface area (TPSA) is 29.1 Å². The van der Waals surface area contributed by atoms with Gasteiger partial charge in [-0.25, -0.2) is 0 Å². The van der Waals surface area contributed by atoms with Crippen LogP contribution in [0, 0.1) is 0 Å². The molecule has 0 bridgehead atoms. The fraction of sp³-hybridized carbons (Fsp3) is 0.167. The van der Waals surface area contributed by atoms with E-state index in [1.807, 2.05) is 50.3 Å². The Labute approximate surface area is 119 Å². The molecule has 0 saturated heterocycles. The van der Waals surface area contributed by atoms with E-state index in [1.165, 1.54) is 0 Å². The molecule has 0 radical (unpaired) electrons. The lowest BCUT2D eigenvalue weighted by Gasteiger charge is -2.40. The van der Waals surface area contributed by atoms with Gasteiger partial charge in [0, 0.05) is 11.3 Å². The second-order valence-electron chi connectivity index (χ2n) is 4.97. The number of rotatable bonds is 0. The lowest BCUT2D eigenvalue weighted by molar-refractivity contribution is -0.116. The summed E-state index contributed by atoms with van der Waals surface area (Å²) >= 11 is 0. The van der Waals surface area contributed by atoms with Crippen LogP contribution in [-0.2, 0) is 4.79 Å². The normalized spacial score (nSPS) is 28.0. The molecule has 1 atom stereocenters. The summed E-state index contributed by atoms with van der Waals surface area (Å²) in [5, 5.41) is 3.43. The van der Waals surface area contributed by atoms with Crippen LogP contribution in [0.25, 0.3) is 5.57 Å². The lowest BCUT2D eigenvalue weighted by Crippen LogP contribution is -2.49. The van der Waals surface area contributed by atoms with Crippen molar-refractivity contribution in [2.75, 3.05) is 5.32 Å². The summed E-state index contributed by atoms with van der Waals surface area (Å²) in [6.07, 6.45) is 11.4. The van der Waals surface area contributed by atoms with Gasteiger partial charge in [0.1, 0.15) is 5.54 Å². The highest BCUT2D eigenvalue weighted by atomic mass is 16.1. The summed E-state index contributed by atoms with van der Waals surface area (Å²) in [4.78, 5) is 12.5. The predicted molar refractivity (Wildman–Crippen MR) is 83.5 cm³/mol. The number of hydrogen-bond acceptors (Lipinski definition) is 2. The molecule has 1 unspecified atom stereocenters. The number of fused-ring (bicyclic) bond motifs is 1. The minimum Gasteiger partial charge on any atom is -0.365 e. The maximum Gasteiger partial charge on any atom is 0.189 e. The zero-order chi connectivity index (χ0) is 14.2. The Hall–Kier alpha value is -2.35. The van der Waals surface area contributed by atoms with E-state index in [9.17, 15) is 4.79 Å². The zero-order valence-corrected chi connectivity index (χ0v) is 11.7. The van der Waals surface area contributed by atoms with E-state index in [0.29, 0.717) is 0 Å². The SMILES string of the molecule is C/C=C1/C(=C\C)C2(C=CC=CC2=O)Nc2ccccc21. The molecule has 2 heteroatoms. The highest BCUT2D eigenvalue weighted by Crippen LogP contribution is 2.44. The van der Waals surface area contributed by atoms with Crippen LogP contribution in [0.15, 0.2) is 66.3 Å². The Morgan fingerprint density at radius 2 is 1.90 bits per heavy atom. The van der Waals surface area contributed by atoms with Crippen molar-refractivity contribution < 1.29 is 4.79 Å². The van der Waals surface area contributed by atoms with Gasteiger partial charge in [0.2, 0.25) is 0 Å². The molecule has 2 nitrogen and oxygen atoms in total. The summed E-state index contributed by atoms with van der Waals surface area (Å²) in [5.74, 6) is 0.0713. The van der Waals surface area contributed by atoms with E-state index >= 15 is 0 Å². The molecule has 1 N–H and O–H groups in total. The summed E-state index contributed by atoms with van der Waals surface area (Å²) in [5.41, 5.74) is 3.52. The minimum atomic E-state index is -0.764. The van der Waals surface area contributed by atoms with Crippen LogP contribution in [0.1, 0.15) is 19.4 Å². The van der Waals surface area contributed by atoms with Crippen LogP contribution < -0.4 is 5.32 Å². The van der Waals surface area contributed by atoms with Crippen LogP contribution in [0.2, 0.25) is 0 Å². The lowest BCUT2D eigenvalue weighted by atomic mass is 9.73. The number of benzene rings is 1. The van der Waals surface area contributed by atoms with Gasteiger partial charge in [0.15, 0.2) is 5.78 Å². The Kier molecular flexibility index (Phi) is 2.94. The molecule has 100 valence electrons. The molecule has 1 aliphatic heterocycles. The first-order chi connectivity index (χ1) is 9.73. The van der Waals surface area contributed by atoms with Crippen molar-refractivity contribution in [3.05, 3.63) is 71.9 Å². The fourth-order valence-corrected chi connectivity index (χ4v) is 3.04. The second-order valence-corrected chi connectivity index (χ2v) is 4.97. The van der Waals surface area contributed by atoms with Crippen LogP contribution in [0.3, 0.4) is 0 Å². The van der Waals surface area contributed by atoms with E-state index < -0.39 is 5.54 Å². The standard InChI is InChI=1S/C18H17NO/c1-3-13-14-9-5-6-10-16(14)19-18(15(13)4-2)12-8-7-11-17(18)20/h3-12,19H,1-2H3/b13-3+,15-4+. The molecular formula is C18H17NO. The number of carbonyl (C=O) groups is 1. The number of carbonyl (C=O) groups excluding carboxylic acids is 1. The van der Waals surface area contributed by atoms with E-state index in [1.54, 1.807) is 12.2 Å². The molecule has 1 aromatic rings. The van der Waals surface area contributed by atoms with Crippen molar-refractivity contribution in [1.82, 2.24) is 0 Å². The number of hydrogen-bond donors (Lipinski definition) is 1. The quantitative estimate of drug-likeness (QED) is 0.769. The molecule has 0 aromatic heterocycles. The first-order valence-corrected chi connectivity index (χ1v) is 6.84. The number of para-hydroxylation sites is 1. The molecular weight excluding hydrogens is 246 g/mol. The van der Waals surface area contributed by atoms with Crippen molar-refractivity contribution in [2.24, 2.45) is 0 Å². The monoisotopic (exact) mass is 263 g/mol. The van der Waals surface area contributed by atoms with Gasteiger partial charge < -0.3 is 5.32 Å². The van der Waals surface area contributed by atoms with Gasteiger partial charge in [-0.3, -0.25) is 4.79 Å². The maximum absolute atomic E-state index is 12.5. The number of allylic oxidation sites excluding steroid dienone is 4. The Morgan fingerprint density at radius 1 is 1.10 bits per heavy atom. The zero-order valence-electron chi connectivity index (χ0n) is 11.7. The first-order valence-electron chi connectivity index (χ1n) is 6.84. The molecule has 0 saturated carbocycles. The third-order valence-electron chi connectivity index (χ3n) is 3.94. The van der Waals surface area contributed by atoms with Gasteiger partial charge in [0.05, 0.1) is 0 Å². The Balaban J connectivity index is 2.28. The molecule has 1 aromatic carbocycles. The molecule has 20 heavy (non-hydrogen) atoms. The van der Waals surface area contributed by atoms with Gasteiger partial charge >= 0.3 is 0 Å². The maximum atomic E-state index is 12.5. The van der Waals surface area contributed by atoms with Crippen molar-refractivity contribution >= 4 is 17.0 Å². The average molecular weight is 263 g/mol. The van der Waals surface area contributed by atoms with Crippen molar-refractivity contribution in [3.8, 4) is 0 Å². The third kappa shape index (κ3) is 1.61. The van der Waals surface area contributed by atoms with E-state index in [4.69, 9.17) is 0 Å². The molecule has 3 rings (SSSR count). The van der Waals surface area contributed by atoms with Crippen molar-refractivity contribution in [1.29, 1.82) is 0 Å². The van der Waals surface area contributed by atoms with Crippen LogP contribution >= 0.6 is 0 Å². The average Bonchev–Trinajstić information content (AvgIpc) is 2.48. The third-order valence-corrected chi connectivity index (χ3v) is 3.94. The molecule has 0 fully saturated rings. The predicted octanol–water partition coefficient (Wildman–Crippen LogP) is 3.90. The molecule has 1 spiro atoms. The van der Waals surface area contributed by atoms with Gasteiger partial charge in [-0.05, 0) is 43.2 Å². The van der Waals surface area contributed by atoms with E-state index in [2.05, 4.69) is 17.5 Å². The molecule has 1 heterocycles. The van der Waals surface area contributed by atoms with Gasteiger partial charge in [-0.15, -0.1) is 0 Å². The minimum absolute atomic E-state index is 0.0713. The Morgan fingerprint density at radius 3 is 2.60 bits per heavy atom. The number of ketones is 1. The van der Waals surface area contributed by atoms with Crippen LogP contribution in [0.4, 0.5) is 5.69 Å². The highest BCUT2D eigenvalue weighted by molar-refractivity contribution is 6.12. The first kappa shape index (κ1) is 12.7. The number of anilines is 1.